The molecule has 0 saturated carbocycles. The van der Waals surface area contributed by atoms with E-state index in [4.69, 9.17) is 9.47 Å². The Morgan fingerprint density at radius 3 is 2.78 bits per heavy atom. The largest absolute Gasteiger partial charge is 0.497 e. The molecule has 6 heteroatoms. The fourth-order valence-electron chi connectivity index (χ4n) is 2.96. The van der Waals surface area contributed by atoms with E-state index in [1.807, 2.05) is 24.1 Å². The number of urea groups is 1. The van der Waals surface area contributed by atoms with Crippen molar-refractivity contribution in [2.24, 2.45) is 0 Å². The van der Waals surface area contributed by atoms with E-state index in [1.54, 1.807) is 32.4 Å². The molecule has 1 aromatic heterocycles. The Labute approximate surface area is 135 Å². The smallest absolute Gasteiger partial charge is 0.322 e. The summed E-state index contributed by atoms with van der Waals surface area (Å²) >= 11 is 0. The van der Waals surface area contributed by atoms with Gasteiger partial charge >= 0.3 is 6.03 Å². The van der Waals surface area contributed by atoms with E-state index in [0.29, 0.717) is 23.7 Å². The van der Waals surface area contributed by atoms with E-state index in [0.717, 1.165) is 12.2 Å². The normalized spacial score (nSPS) is 16.7. The van der Waals surface area contributed by atoms with E-state index >= 15 is 0 Å². The molecule has 0 spiro atoms. The number of fused-ring (bicyclic) bond motifs is 1. The van der Waals surface area contributed by atoms with Crippen LogP contribution in [0.15, 0.2) is 36.5 Å². The summed E-state index contributed by atoms with van der Waals surface area (Å²) in [6.45, 7) is 3.50. The summed E-state index contributed by atoms with van der Waals surface area (Å²) in [6, 6.07) is 9.28. The molecular weight excluding hydrogens is 294 g/mol. The van der Waals surface area contributed by atoms with Crippen molar-refractivity contribution in [1.82, 2.24) is 9.47 Å². The molecule has 6 nitrogen and oxygen atoms in total. The van der Waals surface area contributed by atoms with Gasteiger partial charge in [0.25, 0.3) is 0 Å². The second-order valence-corrected chi connectivity index (χ2v) is 5.49. The topological polar surface area (TPSA) is 55.7 Å². The number of rotatable bonds is 3. The molecule has 0 bridgehead atoms. The third kappa shape index (κ3) is 2.84. The standard InChI is InChI=1S/C17H21N3O3/c1-12-15-5-4-8-19(15)9-10-20(12)17(21)18-14-11-13(22-2)6-7-16(14)23-3/h4-8,11-12H,9-10H2,1-3H3,(H,18,21)/t12-/m0/s1. The van der Waals surface area contributed by atoms with Gasteiger partial charge in [-0.2, -0.15) is 0 Å². The predicted molar refractivity (Wildman–Crippen MR) is 88.1 cm³/mol. The molecule has 1 aliphatic heterocycles. The van der Waals surface area contributed by atoms with Crippen molar-refractivity contribution in [2.45, 2.75) is 19.5 Å². The van der Waals surface area contributed by atoms with Gasteiger partial charge in [-0.15, -0.1) is 0 Å². The highest BCUT2D eigenvalue weighted by atomic mass is 16.5. The van der Waals surface area contributed by atoms with E-state index < -0.39 is 0 Å². The van der Waals surface area contributed by atoms with Crippen LogP contribution in [-0.4, -0.2) is 36.3 Å². The maximum absolute atomic E-state index is 12.7. The van der Waals surface area contributed by atoms with Gasteiger partial charge in [-0.05, 0) is 31.2 Å². The van der Waals surface area contributed by atoms with Crippen molar-refractivity contribution in [3.8, 4) is 11.5 Å². The Kier molecular flexibility index (Phi) is 4.14. The van der Waals surface area contributed by atoms with Gasteiger partial charge in [0, 0.05) is 31.0 Å². The predicted octanol–water partition coefficient (Wildman–Crippen LogP) is 3.11. The molecule has 3 rings (SSSR count). The highest BCUT2D eigenvalue weighted by Gasteiger charge is 2.27. The third-order valence-corrected chi connectivity index (χ3v) is 4.25. The molecule has 1 aliphatic rings. The lowest BCUT2D eigenvalue weighted by molar-refractivity contribution is 0.175. The van der Waals surface area contributed by atoms with Crippen LogP contribution in [0.2, 0.25) is 0 Å². The zero-order valence-corrected chi connectivity index (χ0v) is 13.6. The van der Waals surface area contributed by atoms with Crippen LogP contribution in [0.25, 0.3) is 0 Å². The van der Waals surface area contributed by atoms with Gasteiger partial charge in [0.15, 0.2) is 0 Å². The summed E-state index contributed by atoms with van der Waals surface area (Å²) in [5.74, 6) is 1.27. The van der Waals surface area contributed by atoms with Crippen LogP contribution in [0.3, 0.4) is 0 Å². The lowest BCUT2D eigenvalue weighted by Crippen LogP contribution is -2.43. The van der Waals surface area contributed by atoms with Crippen molar-refractivity contribution in [1.29, 1.82) is 0 Å². The molecule has 23 heavy (non-hydrogen) atoms. The van der Waals surface area contributed by atoms with Crippen molar-refractivity contribution in [2.75, 3.05) is 26.1 Å². The molecule has 1 aromatic carbocycles. The highest BCUT2D eigenvalue weighted by molar-refractivity contribution is 5.91. The quantitative estimate of drug-likeness (QED) is 0.947. The van der Waals surface area contributed by atoms with Crippen LogP contribution in [0.4, 0.5) is 10.5 Å². The van der Waals surface area contributed by atoms with Crippen LogP contribution in [-0.2, 0) is 6.54 Å². The number of carbonyl (C=O) groups excluding carboxylic acids is 1. The average Bonchev–Trinajstić information content (AvgIpc) is 3.04. The van der Waals surface area contributed by atoms with Crippen molar-refractivity contribution < 1.29 is 14.3 Å². The number of nitrogens with zero attached hydrogens (tertiary/aromatic N) is 2. The third-order valence-electron chi connectivity index (χ3n) is 4.25. The molecular formula is C17H21N3O3. The number of ether oxygens (including phenoxy) is 2. The first kappa shape index (κ1) is 15.3. The van der Waals surface area contributed by atoms with Gasteiger partial charge in [-0.1, -0.05) is 0 Å². The monoisotopic (exact) mass is 315 g/mol. The SMILES string of the molecule is COc1ccc(OC)c(NC(=O)N2CCn3cccc3[C@@H]2C)c1. The lowest BCUT2D eigenvalue weighted by Gasteiger charge is -2.35. The van der Waals surface area contributed by atoms with E-state index in [1.165, 1.54) is 0 Å². The maximum atomic E-state index is 12.7. The van der Waals surface area contributed by atoms with E-state index in [2.05, 4.69) is 16.0 Å². The number of anilines is 1. The summed E-state index contributed by atoms with van der Waals surface area (Å²) in [5.41, 5.74) is 1.74. The second-order valence-electron chi connectivity index (χ2n) is 5.49. The zero-order chi connectivity index (χ0) is 16.4. The molecule has 0 aliphatic carbocycles. The molecule has 0 fully saturated rings. The van der Waals surface area contributed by atoms with Crippen LogP contribution in [0, 0.1) is 0 Å². The first-order chi connectivity index (χ1) is 11.1. The Bertz CT molecular complexity index is 711. The Hall–Kier alpha value is -2.63. The molecule has 122 valence electrons. The second kappa shape index (κ2) is 6.24. The molecule has 2 aromatic rings. The van der Waals surface area contributed by atoms with Crippen LogP contribution >= 0.6 is 0 Å². The minimum Gasteiger partial charge on any atom is -0.497 e. The van der Waals surface area contributed by atoms with Crippen LogP contribution in [0.5, 0.6) is 11.5 Å². The highest BCUT2D eigenvalue weighted by Crippen LogP contribution is 2.31. The summed E-state index contributed by atoms with van der Waals surface area (Å²) < 4.78 is 12.7. The van der Waals surface area contributed by atoms with E-state index in [-0.39, 0.29) is 12.1 Å². The fraction of sp³-hybridized carbons (Fsp3) is 0.353. The van der Waals surface area contributed by atoms with Crippen LogP contribution < -0.4 is 14.8 Å². The molecule has 0 saturated heterocycles. The number of amides is 2. The summed E-state index contributed by atoms with van der Waals surface area (Å²) in [5, 5.41) is 2.93. The lowest BCUT2D eigenvalue weighted by atomic mass is 10.1. The number of carbonyl (C=O) groups is 1. The Morgan fingerprint density at radius 2 is 2.04 bits per heavy atom. The summed E-state index contributed by atoms with van der Waals surface area (Å²) in [6.07, 6.45) is 2.05. The molecule has 2 heterocycles. The van der Waals surface area contributed by atoms with Crippen molar-refractivity contribution in [3.05, 3.63) is 42.2 Å². The molecule has 2 amide bonds. The first-order valence-corrected chi connectivity index (χ1v) is 7.58. The molecule has 0 radical (unpaired) electrons. The summed E-state index contributed by atoms with van der Waals surface area (Å²) in [7, 11) is 3.17. The Morgan fingerprint density at radius 1 is 1.22 bits per heavy atom. The fourth-order valence-corrected chi connectivity index (χ4v) is 2.96. The van der Waals surface area contributed by atoms with Gasteiger partial charge in [-0.25, -0.2) is 4.79 Å². The van der Waals surface area contributed by atoms with Gasteiger partial charge in [0.1, 0.15) is 11.5 Å². The number of aromatic nitrogens is 1. The zero-order valence-electron chi connectivity index (χ0n) is 13.6. The number of nitrogens with one attached hydrogen (secondary N) is 1. The molecule has 0 unspecified atom stereocenters. The summed E-state index contributed by atoms with van der Waals surface area (Å²) in [4.78, 5) is 14.5. The molecule has 1 N–H and O–H groups in total. The van der Waals surface area contributed by atoms with Gasteiger partial charge < -0.3 is 24.3 Å². The van der Waals surface area contributed by atoms with Gasteiger partial charge in [0.2, 0.25) is 0 Å². The van der Waals surface area contributed by atoms with Crippen molar-refractivity contribution in [3.63, 3.8) is 0 Å². The number of hydrogen-bond acceptors (Lipinski definition) is 3. The first-order valence-electron chi connectivity index (χ1n) is 7.58. The number of hydrogen-bond donors (Lipinski definition) is 1. The maximum Gasteiger partial charge on any atom is 0.322 e. The Balaban J connectivity index is 1.80. The van der Waals surface area contributed by atoms with Crippen molar-refractivity contribution >= 4 is 11.7 Å². The van der Waals surface area contributed by atoms with Gasteiger partial charge in [0.05, 0.1) is 25.9 Å². The van der Waals surface area contributed by atoms with Crippen LogP contribution in [0.1, 0.15) is 18.7 Å². The average molecular weight is 315 g/mol. The number of methoxy groups -OCH3 is 2. The minimum absolute atomic E-state index is 0.0235. The number of benzene rings is 1. The minimum atomic E-state index is -0.142. The van der Waals surface area contributed by atoms with E-state index in [9.17, 15) is 4.79 Å². The molecule has 1 atom stereocenters. The van der Waals surface area contributed by atoms with Gasteiger partial charge in [-0.3, -0.25) is 0 Å².